The van der Waals surface area contributed by atoms with Crippen molar-refractivity contribution in [2.45, 2.75) is 32.7 Å². The van der Waals surface area contributed by atoms with Crippen molar-refractivity contribution in [3.8, 4) is 22.5 Å². The highest BCUT2D eigenvalue weighted by molar-refractivity contribution is 5.94. The summed E-state index contributed by atoms with van der Waals surface area (Å²) in [6.45, 7) is 5.81. The predicted octanol–water partition coefficient (Wildman–Crippen LogP) is 6.27. The number of hydrogen-bond donors (Lipinski definition) is 0. The Kier molecular flexibility index (Phi) is 7.31. The van der Waals surface area contributed by atoms with Gasteiger partial charge in [0, 0.05) is 42.5 Å². The molecule has 45 heavy (non-hydrogen) atoms. The minimum absolute atomic E-state index is 0.0881. The molecule has 9 heteroatoms. The molecule has 0 bridgehead atoms. The fourth-order valence-electron chi connectivity index (χ4n) is 6.60. The molecule has 3 aromatic carbocycles. The third-order valence-corrected chi connectivity index (χ3v) is 9.17. The maximum absolute atomic E-state index is 15.7. The first kappa shape index (κ1) is 28.7. The Morgan fingerprint density at radius 1 is 0.978 bits per heavy atom. The highest BCUT2D eigenvalue weighted by Gasteiger charge is 2.31. The SMILES string of the molecule is COC(=O)[C@H]1CCN(c2ccc(-c3cc4nc(C(=O)N5CCc6ccccc6[C@H]5C)cc(-c5ccc(C)cc5)n4n3)c(F)c2)C1. The molecule has 0 spiro atoms. The van der Waals surface area contributed by atoms with Crippen LogP contribution in [-0.2, 0) is 16.0 Å². The lowest BCUT2D eigenvalue weighted by molar-refractivity contribution is -0.144. The van der Waals surface area contributed by atoms with E-state index in [1.807, 2.05) is 59.2 Å². The summed E-state index contributed by atoms with van der Waals surface area (Å²) in [6.07, 6.45) is 1.45. The molecule has 0 aliphatic carbocycles. The van der Waals surface area contributed by atoms with Gasteiger partial charge in [0.15, 0.2) is 5.65 Å². The van der Waals surface area contributed by atoms with E-state index in [1.165, 1.54) is 18.7 Å². The van der Waals surface area contributed by atoms with Gasteiger partial charge in [0.1, 0.15) is 11.5 Å². The predicted molar refractivity (Wildman–Crippen MR) is 170 cm³/mol. The van der Waals surface area contributed by atoms with Crippen molar-refractivity contribution in [2.24, 2.45) is 5.92 Å². The molecule has 0 radical (unpaired) electrons. The zero-order valence-corrected chi connectivity index (χ0v) is 25.5. The molecule has 1 fully saturated rings. The minimum atomic E-state index is -0.425. The number of benzene rings is 3. The fourth-order valence-corrected chi connectivity index (χ4v) is 6.60. The molecule has 1 saturated heterocycles. The minimum Gasteiger partial charge on any atom is -0.469 e. The lowest BCUT2D eigenvalue weighted by Gasteiger charge is -2.35. The number of rotatable bonds is 5. The van der Waals surface area contributed by atoms with Crippen LogP contribution in [0.2, 0.25) is 0 Å². The Labute approximate surface area is 261 Å². The quantitative estimate of drug-likeness (QED) is 0.221. The van der Waals surface area contributed by atoms with E-state index in [-0.39, 0.29) is 23.8 Å². The summed E-state index contributed by atoms with van der Waals surface area (Å²) >= 11 is 0. The van der Waals surface area contributed by atoms with Crippen LogP contribution in [0.5, 0.6) is 0 Å². The second kappa shape index (κ2) is 11.5. The maximum atomic E-state index is 15.7. The summed E-state index contributed by atoms with van der Waals surface area (Å²) in [5.41, 5.74) is 7.32. The number of hydrogen-bond acceptors (Lipinski definition) is 6. The van der Waals surface area contributed by atoms with Crippen LogP contribution in [0.25, 0.3) is 28.2 Å². The Morgan fingerprint density at radius 3 is 2.56 bits per heavy atom. The van der Waals surface area contributed by atoms with Gasteiger partial charge in [-0.25, -0.2) is 13.9 Å². The van der Waals surface area contributed by atoms with Gasteiger partial charge in [-0.05, 0) is 62.1 Å². The topological polar surface area (TPSA) is 80.0 Å². The normalized spacial score (nSPS) is 17.9. The highest BCUT2D eigenvalue weighted by Crippen LogP contribution is 2.33. The molecule has 8 nitrogen and oxygen atoms in total. The summed E-state index contributed by atoms with van der Waals surface area (Å²) in [6, 6.07) is 24.7. The number of methoxy groups -OCH3 is 1. The summed E-state index contributed by atoms with van der Waals surface area (Å²) in [5, 5.41) is 4.79. The first-order valence-corrected chi connectivity index (χ1v) is 15.3. The number of aromatic nitrogens is 3. The van der Waals surface area contributed by atoms with E-state index in [4.69, 9.17) is 14.8 Å². The number of halogens is 1. The molecule has 0 saturated carbocycles. The Hall–Kier alpha value is -5.05. The maximum Gasteiger partial charge on any atom is 0.310 e. The molecule has 4 heterocycles. The van der Waals surface area contributed by atoms with Crippen LogP contribution in [0, 0.1) is 18.7 Å². The number of aryl methyl sites for hydroxylation is 1. The van der Waals surface area contributed by atoms with Crippen molar-refractivity contribution in [3.63, 3.8) is 0 Å². The molecule has 228 valence electrons. The molecule has 2 aliphatic heterocycles. The lowest BCUT2D eigenvalue weighted by Crippen LogP contribution is -2.39. The Morgan fingerprint density at radius 2 is 1.78 bits per heavy atom. The summed E-state index contributed by atoms with van der Waals surface area (Å²) in [4.78, 5) is 34.6. The van der Waals surface area contributed by atoms with Crippen LogP contribution >= 0.6 is 0 Å². The molecular weight excluding hydrogens is 569 g/mol. The molecule has 2 atom stereocenters. The highest BCUT2D eigenvalue weighted by atomic mass is 19.1. The summed E-state index contributed by atoms with van der Waals surface area (Å²) in [5.74, 6) is -1.04. The molecule has 2 aromatic heterocycles. The van der Waals surface area contributed by atoms with Crippen molar-refractivity contribution < 1.29 is 18.7 Å². The Balaban J connectivity index is 1.26. The molecule has 5 aromatic rings. The number of fused-ring (bicyclic) bond motifs is 2. The van der Waals surface area contributed by atoms with Gasteiger partial charge < -0.3 is 14.5 Å². The van der Waals surface area contributed by atoms with Gasteiger partial charge in [0.2, 0.25) is 0 Å². The standard InChI is InChI=1S/C36H34FN5O3/c1-22-8-10-25(11-9-22)33-19-32(35(43)41-17-15-24-6-4-5-7-28(24)23(41)2)38-34-20-31(39-42(33)34)29-13-12-27(18-30(29)37)40-16-14-26(21-40)36(44)45-3/h4-13,18-20,23,26H,14-17,21H2,1-3H3/t23-,26+/m1/s1. The average molecular weight is 604 g/mol. The number of anilines is 1. The van der Waals surface area contributed by atoms with Crippen molar-refractivity contribution in [1.29, 1.82) is 0 Å². The number of amides is 1. The molecule has 2 aliphatic rings. The van der Waals surface area contributed by atoms with Crippen LogP contribution in [0.15, 0.2) is 78.9 Å². The molecular formula is C36H34FN5O3. The van der Waals surface area contributed by atoms with Crippen molar-refractivity contribution in [1.82, 2.24) is 19.5 Å². The molecule has 0 N–H and O–H groups in total. The van der Waals surface area contributed by atoms with Gasteiger partial charge in [0.25, 0.3) is 5.91 Å². The monoisotopic (exact) mass is 603 g/mol. The number of esters is 1. The van der Waals surface area contributed by atoms with Crippen LogP contribution in [0.3, 0.4) is 0 Å². The zero-order valence-electron chi connectivity index (χ0n) is 25.5. The van der Waals surface area contributed by atoms with Crippen LogP contribution in [0.4, 0.5) is 10.1 Å². The van der Waals surface area contributed by atoms with E-state index in [2.05, 4.69) is 19.1 Å². The van der Waals surface area contributed by atoms with Gasteiger partial charge in [-0.3, -0.25) is 9.59 Å². The van der Waals surface area contributed by atoms with E-state index in [9.17, 15) is 9.59 Å². The van der Waals surface area contributed by atoms with Gasteiger partial charge in [-0.2, -0.15) is 5.10 Å². The van der Waals surface area contributed by atoms with Crippen LogP contribution in [-0.4, -0.2) is 58.1 Å². The second-order valence-electron chi connectivity index (χ2n) is 11.9. The van der Waals surface area contributed by atoms with Crippen molar-refractivity contribution in [3.05, 3.63) is 107 Å². The summed E-state index contributed by atoms with van der Waals surface area (Å²) in [7, 11) is 1.39. The van der Waals surface area contributed by atoms with Crippen molar-refractivity contribution >= 4 is 23.2 Å². The second-order valence-corrected chi connectivity index (χ2v) is 11.9. The number of carbonyl (C=O) groups is 2. The van der Waals surface area contributed by atoms with Crippen molar-refractivity contribution in [2.75, 3.05) is 31.6 Å². The Bertz CT molecular complexity index is 1940. The third-order valence-electron chi connectivity index (χ3n) is 9.17. The van der Waals surface area contributed by atoms with Crippen LogP contribution in [0.1, 0.15) is 46.6 Å². The molecule has 7 rings (SSSR count). The van der Waals surface area contributed by atoms with Gasteiger partial charge >= 0.3 is 5.97 Å². The average Bonchev–Trinajstić information content (AvgIpc) is 3.72. The number of nitrogens with zero attached hydrogens (tertiary/aromatic N) is 5. The zero-order chi connectivity index (χ0) is 31.2. The van der Waals surface area contributed by atoms with Gasteiger partial charge in [0.05, 0.1) is 30.5 Å². The van der Waals surface area contributed by atoms with E-state index in [1.54, 1.807) is 22.7 Å². The van der Waals surface area contributed by atoms with E-state index < -0.39 is 5.82 Å². The first-order valence-electron chi connectivity index (χ1n) is 15.3. The number of carbonyl (C=O) groups excluding carboxylic acids is 2. The fraction of sp³-hybridized carbons (Fsp3) is 0.278. The smallest absolute Gasteiger partial charge is 0.310 e. The largest absolute Gasteiger partial charge is 0.469 e. The summed E-state index contributed by atoms with van der Waals surface area (Å²) < 4.78 is 22.2. The van der Waals surface area contributed by atoms with Gasteiger partial charge in [-0.15, -0.1) is 0 Å². The van der Waals surface area contributed by atoms with E-state index in [0.717, 1.165) is 23.1 Å². The lowest BCUT2D eigenvalue weighted by atomic mass is 9.93. The van der Waals surface area contributed by atoms with Crippen LogP contribution < -0.4 is 4.90 Å². The first-order chi connectivity index (χ1) is 21.8. The van der Waals surface area contributed by atoms with E-state index in [0.29, 0.717) is 60.0 Å². The van der Waals surface area contributed by atoms with E-state index >= 15 is 4.39 Å². The number of ether oxygens (including phenoxy) is 1. The molecule has 1 amide bonds. The molecule has 0 unspecified atom stereocenters. The van der Waals surface area contributed by atoms with Gasteiger partial charge in [-0.1, -0.05) is 54.1 Å². The third kappa shape index (κ3) is 5.22.